The van der Waals surface area contributed by atoms with E-state index >= 15 is 0 Å². The Kier molecular flexibility index (Phi) is 5.39. The second-order valence-electron chi connectivity index (χ2n) is 8.11. The number of rotatable bonds is 3. The zero-order valence-corrected chi connectivity index (χ0v) is 14.8. The molecule has 1 aliphatic heterocycles. The summed E-state index contributed by atoms with van der Waals surface area (Å²) in [6.45, 7) is 11.2. The second-order valence-corrected chi connectivity index (χ2v) is 8.67. The number of hydrogen-bond donors (Lipinski definition) is 0. The highest BCUT2D eigenvalue weighted by molar-refractivity contribution is 9.09. The fourth-order valence-corrected chi connectivity index (χ4v) is 4.81. The van der Waals surface area contributed by atoms with Gasteiger partial charge < -0.3 is 4.90 Å². The maximum Gasteiger partial charge on any atom is 0.0100 e. The molecule has 0 radical (unpaired) electrons. The van der Waals surface area contributed by atoms with Gasteiger partial charge in [0, 0.05) is 11.9 Å². The van der Waals surface area contributed by atoms with Gasteiger partial charge in [-0.3, -0.25) is 0 Å². The van der Waals surface area contributed by atoms with Gasteiger partial charge in [-0.1, -0.05) is 56.0 Å². The van der Waals surface area contributed by atoms with Crippen LogP contribution in [0.15, 0.2) is 0 Å². The summed E-state index contributed by atoms with van der Waals surface area (Å²) >= 11 is 3.81. The molecule has 0 aromatic carbocycles. The summed E-state index contributed by atoms with van der Waals surface area (Å²) in [5, 5.41) is 1.21. The van der Waals surface area contributed by atoms with Gasteiger partial charge in [0.2, 0.25) is 0 Å². The molecule has 0 unspecified atom stereocenters. The first-order valence-electron chi connectivity index (χ1n) is 8.24. The first-order chi connectivity index (χ1) is 8.95. The number of piperidine rings is 1. The molecule has 2 heteroatoms. The number of halogens is 1. The van der Waals surface area contributed by atoms with Crippen LogP contribution in [-0.4, -0.2) is 29.9 Å². The van der Waals surface area contributed by atoms with E-state index < -0.39 is 0 Å². The maximum atomic E-state index is 3.81. The molecule has 1 aliphatic carbocycles. The van der Waals surface area contributed by atoms with Gasteiger partial charge >= 0.3 is 0 Å². The van der Waals surface area contributed by atoms with E-state index in [0.29, 0.717) is 10.8 Å². The number of alkyl halides is 1. The molecule has 2 rings (SSSR count). The van der Waals surface area contributed by atoms with Crippen LogP contribution in [0.2, 0.25) is 0 Å². The first kappa shape index (κ1) is 15.8. The Balaban J connectivity index is 1.84. The lowest BCUT2D eigenvalue weighted by Crippen LogP contribution is -2.45. The fraction of sp³-hybridized carbons (Fsp3) is 1.00. The molecule has 0 spiro atoms. The molecule has 1 saturated carbocycles. The van der Waals surface area contributed by atoms with E-state index in [1.54, 1.807) is 0 Å². The highest BCUT2D eigenvalue weighted by Crippen LogP contribution is 2.40. The van der Waals surface area contributed by atoms with Crippen molar-refractivity contribution in [2.75, 3.05) is 25.0 Å². The summed E-state index contributed by atoms with van der Waals surface area (Å²) < 4.78 is 0. The van der Waals surface area contributed by atoms with Crippen LogP contribution < -0.4 is 0 Å². The molecule has 2 aliphatic rings. The minimum absolute atomic E-state index is 0.504. The lowest BCUT2D eigenvalue weighted by molar-refractivity contribution is 0.0670. The normalized spacial score (nSPS) is 26.5. The molecule has 2 fully saturated rings. The summed E-state index contributed by atoms with van der Waals surface area (Å²) in [4.78, 5) is 2.76. The third-order valence-corrected chi connectivity index (χ3v) is 6.76. The van der Waals surface area contributed by atoms with E-state index in [4.69, 9.17) is 0 Å². The van der Waals surface area contributed by atoms with Crippen LogP contribution >= 0.6 is 15.9 Å². The van der Waals surface area contributed by atoms with Crippen LogP contribution in [0.5, 0.6) is 0 Å². The second kappa shape index (κ2) is 6.47. The molecule has 0 N–H and O–H groups in total. The van der Waals surface area contributed by atoms with Crippen molar-refractivity contribution >= 4 is 15.9 Å². The van der Waals surface area contributed by atoms with Crippen LogP contribution in [0.4, 0.5) is 0 Å². The van der Waals surface area contributed by atoms with Crippen LogP contribution in [0, 0.1) is 16.7 Å². The largest absolute Gasteiger partial charge is 0.303 e. The summed E-state index contributed by atoms with van der Waals surface area (Å²) in [6.07, 6.45) is 10.0. The van der Waals surface area contributed by atoms with E-state index in [1.807, 2.05) is 0 Å². The van der Waals surface area contributed by atoms with Crippen molar-refractivity contribution in [1.82, 2.24) is 4.90 Å². The Morgan fingerprint density at radius 3 is 2.11 bits per heavy atom. The van der Waals surface area contributed by atoms with Crippen LogP contribution in [0.1, 0.15) is 65.7 Å². The molecule has 112 valence electrons. The fourth-order valence-electron chi connectivity index (χ4n) is 4.07. The zero-order valence-electron chi connectivity index (χ0n) is 13.2. The van der Waals surface area contributed by atoms with E-state index in [2.05, 4.69) is 41.6 Å². The van der Waals surface area contributed by atoms with Crippen molar-refractivity contribution in [2.45, 2.75) is 65.7 Å². The van der Waals surface area contributed by atoms with Crippen molar-refractivity contribution in [2.24, 2.45) is 16.7 Å². The molecule has 19 heavy (non-hydrogen) atoms. The molecule has 1 saturated heterocycles. The van der Waals surface area contributed by atoms with Crippen LogP contribution in [0.25, 0.3) is 0 Å². The topological polar surface area (TPSA) is 3.24 Å². The lowest BCUT2D eigenvalue weighted by atomic mass is 9.73. The number of hydrogen-bond acceptors (Lipinski definition) is 1. The summed E-state index contributed by atoms with van der Waals surface area (Å²) in [5.41, 5.74) is 1.09. The smallest absolute Gasteiger partial charge is 0.0100 e. The molecular weight excluding hydrogens is 298 g/mol. The highest BCUT2D eigenvalue weighted by Gasteiger charge is 2.35. The van der Waals surface area contributed by atoms with E-state index in [0.717, 1.165) is 5.92 Å². The molecule has 1 nitrogen and oxygen atoms in total. The third kappa shape index (κ3) is 4.20. The Labute approximate surface area is 128 Å². The van der Waals surface area contributed by atoms with Crippen molar-refractivity contribution in [3.05, 3.63) is 0 Å². The van der Waals surface area contributed by atoms with Gasteiger partial charge in [0.1, 0.15) is 0 Å². The molecule has 1 heterocycles. The standard InChI is InChI=1S/C17H32BrN/c1-16(2,3)15-7-11-19(12-8-15)14-17(13-18)9-5-4-6-10-17/h15H,4-14H2,1-3H3. The molecule has 0 bridgehead atoms. The SMILES string of the molecule is CC(C)(C)C1CCN(CC2(CBr)CCCCC2)CC1. The third-order valence-electron chi connectivity index (χ3n) is 5.57. The van der Waals surface area contributed by atoms with Gasteiger partial charge in [-0.05, 0) is 55.5 Å². The molecule has 0 amide bonds. The first-order valence-corrected chi connectivity index (χ1v) is 9.36. The van der Waals surface area contributed by atoms with E-state index in [9.17, 15) is 0 Å². The monoisotopic (exact) mass is 329 g/mol. The molecule has 0 aromatic heterocycles. The molecule has 0 atom stereocenters. The predicted octanol–water partition coefficient (Wildman–Crippen LogP) is 5.09. The quantitative estimate of drug-likeness (QED) is 0.652. The van der Waals surface area contributed by atoms with Crippen LogP contribution in [-0.2, 0) is 0 Å². The lowest BCUT2D eigenvalue weighted by Gasteiger charge is -2.44. The predicted molar refractivity (Wildman–Crippen MR) is 87.9 cm³/mol. The minimum Gasteiger partial charge on any atom is -0.303 e. The average molecular weight is 330 g/mol. The average Bonchev–Trinajstić information content (AvgIpc) is 2.39. The summed E-state index contributed by atoms with van der Waals surface area (Å²) in [5.74, 6) is 0.926. The van der Waals surface area contributed by atoms with Crippen molar-refractivity contribution in [3.8, 4) is 0 Å². The van der Waals surface area contributed by atoms with Crippen LogP contribution in [0.3, 0.4) is 0 Å². The van der Waals surface area contributed by atoms with Crippen molar-refractivity contribution in [3.63, 3.8) is 0 Å². The highest BCUT2D eigenvalue weighted by atomic mass is 79.9. The van der Waals surface area contributed by atoms with Gasteiger partial charge in [0.15, 0.2) is 0 Å². The van der Waals surface area contributed by atoms with E-state index in [1.165, 1.54) is 69.9 Å². The van der Waals surface area contributed by atoms with Crippen molar-refractivity contribution in [1.29, 1.82) is 0 Å². The van der Waals surface area contributed by atoms with Gasteiger partial charge in [-0.2, -0.15) is 0 Å². The Hall–Kier alpha value is 0.440. The van der Waals surface area contributed by atoms with Crippen molar-refractivity contribution < 1.29 is 0 Å². The summed E-state index contributed by atoms with van der Waals surface area (Å²) in [7, 11) is 0. The number of likely N-dealkylation sites (tertiary alicyclic amines) is 1. The summed E-state index contributed by atoms with van der Waals surface area (Å²) in [6, 6.07) is 0. The van der Waals surface area contributed by atoms with Gasteiger partial charge in [-0.25, -0.2) is 0 Å². The zero-order chi connectivity index (χ0) is 13.9. The van der Waals surface area contributed by atoms with Gasteiger partial charge in [-0.15, -0.1) is 0 Å². The molecule has 0 aromatic rings. The Morgan fingerprint density at radius 1 is 1.05 bits per heavy atom. The molecular formula is C17H32BrN. The van der Waals surface area contributed by atoms with Gasteiger partial charge in [0.25, 0.3) is 0 Å². The van der Waals surface area contributed by atoms with E-state index in [-0.39, 0.29) is 0 Å². The minimum atomic E-state index is 0.504. The number of nitrogens with zero attached hydrogens (tertiary/aromatic N) is 1. The Bertz CT molecular complexity index is 267. The van der Waals surface area contributed by atoms with Gasteiger partial charge in [0.05, 0.1) is 0 Å². The maximum absolute atomic E-state index is 3.81. The Morgan fingerprint density at radius 2 is 1.63 bits per heavy atom.